The Hall–Kier alpha value is -0.930. The van der Waals surface area contributed by atoms with E-state index >= 15 is 0 Å². The molecule has 2 rings (SSSR count). The molecule has 3 heteroatoms. The van der Waals surface area contributed by atoms with E-state index in [1.54, 1.807) is 6.07 Å². The fourth-order valence-electron chi connectivity index (χ4n) is 2.50. The average molecular weight is 251 g/mol. The van der Waals surface area contributed by atoms with Gasteiger partial charge in [0, 0.05) is 24.3 Å². The molecule has 0 aromatic heterocycles. The van der Waals surface area contributed by atoms with Crippen LogP contribution in [-0.2, 0) is 0 Å². The molecular weight excluding hydrogens is 229 g/mol. The summed E-state index contributed by atoms with van der Waals surface area (Å²) in [6.07, 6.45) is 4.24. The molecule has 0 saturated heterocycles. The number of rotatable bonds is 7. The summed E-state index contributed by atoms with van der Waals surface area (Å²) < 4.78 is 13.8. The van der Waals surface area contributed by atoms with Gasteiger partial charge in [-0.3, -0.25) is 4.90 Å². The summed E-state index contributed by atoms with van der Waals surface area (Å²) in [5.41, 5.74) is 0.786. The molecule has 1 fully saturated rings. The van der Waals surface area contributed by atoms with Crippen LogP contribution in [0.4, 0.5) is 4.39 Å². The van der Waals surface area contributed by atoms with Crippen LogP contribution in [0.2, 0.25) is 0 Å². The van der Waals surface area contributed by atoms with E-state index in [0.29, 0.717) is 6.04 Å². The van der Waals surface area contributed by atoms with E-state index in [-0.39, 0.29) is 18.5 Å². The minimum Gasteiger partial charge on any atom is -0.396 e. The standard InChI is InChI=1S/C15H22FNO/c1-12(14-6-2-3-7-15(14)16)17(13-8-9-13)10-4-5-11-18/h2-3,6-7,12-13,18H,4-5,8-11H2,1H3. The first-order valence-electron chi connectivity index (χ1n) is 6.85. The molecule has 1 aromatic carbocycles. The van der Waals surface area contributed by atoms with E-state index < -0.39 is 0 Å². The Morgan fingerprint density at radius 3 is 2.67 bits per heavy atom. The Morgan fingerprint density at radius 2 is 2.06 bits per heavy atom. The zero-order chi connectivity index (χ0) is 13.0. The summed E-state index contributed by atoms with van der Waals surface area (Å²) in [5.74, 6) is -0.113. The lowest BCUT2D eigenvalue weighted by molar-refractivity contribution is 0.184. The number of aliphatic hydroxyl groups is 1. The maximum Gasteiger partial charge on any atom is 0.127 e. The third-order valence-corrected chi connectivity index (χ3v) is 3.69. The molecule has 1 unspecified atom stereocenters. The zero-order valence-electron chi connectivity index (χ0n) is 11.0. The van der Waals surface area contributed by atoms with Crippen LogP contribution in [0.25, 0.3) is 0 Å². The van der Waals surface area contributed by atoms with Gasteiger partial charge in [0.1, 0.15) is 5.82 Å². The van der Waals surface area contributed by atoms with Crippen LogP contribution in [0.5, 0.6) is 0 Å². The van der Waals surface area contributed by atoms with Gasteiger partial charge in [0.2, 0.25) is 0 Å². The van der Waals surface area contributed by atoms with Crippen LogP contribution in [0, 0.1) is 5.82 Å². The molecule has 0 bridgehead atoms. The molecule has 1 saturated carbocycles. The van der Waals surface area contributed by atoms with Gasteiger partial charge in [-0.1, -0.05) is 18.2 Å². The lowest BCUT2D eigenvalue weighted by Gasteiger charge is -2.29. The summed E-state index contributed by atoms with van der Waals surface area (Å²) in [4.78, 5) is 2.38. The number of aliphatic hydroxyl groups excluding tert-OH is 1. The molecule has 0 aliphatic heterocycles. The van der Waals surface area contributed by atoms with Gasteiger partial charge in [0.25, 0.3) is 0 Å². The van der Waals surface area contributed by atoms with E-state index in [4.69, 9.17) is 5.11 Å². The van der Waals surface area contributed by atoms with Crippen molar-refractivity contribution in [2.45, 2.75) is 44.7 Å². The van der Waals surface area contributed by atoms with Gasteiger partial charge in [0.15, 0.2) is 0 Å². The maximum atomic E-state index is 13.8. The van der Waals surface area contributed by atoms with Crippen LogP contribution in [0.15, 0.2) is 24.3 Å². The van der Waals surface area contributed by atoms with Crippen molar-refractivity contribution in [3.63, 3.8) is 0 Å². The molecular formula is C15H22FNO. The summed E-state index contributed by atoms with van der Waals surface area (Å²) in [7, 11) is 0. The van der Waals surface area contributed by atoms with Gasteiger partial charge in [-0.15, -0.1) is 0 Å². The smallest absolute Gasteiger partial charge is 0.127 e. The van der Waals surface area contributed by atoms with E-state index in [0.717, 1.165) is 24.9 Å². The van der Waals surface area contributed by atoms with Gasteiger partial charge in [0.05, 0.1) is 0 Å². The van der Waals surface area contributed by atoms with Crippen molar-refractivity contribution in [3.05, 3.63) is 35.6 Å². The van der Waals surface area contributed by atoms with Crippen LogP contribution in [-0.4, -0.2) is 29.2 Å². The Bertz CT molecular complexity index is 379. The Kier molecular flexibility index (Phi) is 4.72. The molecule has 1 atom stereocenters. The van der Waals surface area contributed by atoms with Gasteiger partial charge in [-0.2, -0.15) is 0 Å². The van der Waals surface area contributed by atoms with E-state index in [2.05, 4.69) is 11.8 Å². The first-order chi connectivity index (χ1) is 8.74. The highest BCUT2D eigenvalue weighted by atomic mass is 19.1. The summed E-state index contributed by atoms with van der Waals surface area (Å²) in [5, 5.41) is 8.85. The summed E-state index contributed by atoms with van der Waals surface area (Å²) >= 11 is 0. The SMILES string of the molecule is CC(c1ccccc1F)N(CCCCO)C1CC1. The van der Waals surface area contributed by atoms with Gasteiger partial charge in [-0.25, -0.2) is 4.39 Å². The molecule has 0 heterocycles. The second kappa shape index (κ2) is 6.30. The number of halogens is 1. The maximum absolute atomic E-state index is 13.8. The molecule has 18 heavy (non-hydrogen) atoms. The lowest BCUT2D eigenvalue weighted by Crippen LogP contribution is -2.31. The van der Waals surface area contributed by atoms with Gasteiger partial charge < -0.3 is 5.11 Å². The molecule has 0 amide bonds. The van der Waals surface area contributed by atoms with Crippen LogP contribution < -0.4 is 0 Å². The third-order valence-electron chi connectivity index (χ3n) is 3.69. The highest BCUT2D eigenvalue weighted by molar-refractivity contribution is 5.21. The first-order valence-corrected chi connectivity index (χ1v) is 6.85. The molecule has 100 valence electrons. The highest BCUT2D eigenvalue weighted by Gasteiger charge is 2.32. The second-order valence-electron chi connectivity index (χ2n) is 5.10. The molecule has 1 aromatic rings. The monoisotopic (exact) mass is 251 g/mol. The minimum atomic E-state index is -0.113. The Balaban J connectivity index is 2.03. The van der Waals surface area contributed by atoms with E-state index in [9.17, 15) is 4.39 Å². The molecule has 1 aliphatic carbocycles. The molecule has 0 radical (unpaired) electrons. The number of nitrogens with zero attached hydrogens (tertiary/aromatic N) is 1. The number of hydrogen-bond donors (Lipinski definition) is 1. The van der Waals surface area contributed by atoms with Crippen molar-refractivity contribution in [3.8, 4) is 0 Å². The second-order valence-corrected chi connectivity index (χ2v) is 5.10. The fraction of sp³-hybridized carbons (Fsp3) is 0.600. The molecule has 2 nitrogen and oxygen atoms in total. The van der Waals surface area contributed by atoms with Gasteiger partial charge in [-0.05, 0) is 45.2 Å². The van der Waals surface area contributed by atoms with Crippen molar-refractivity contribution < 1.29 is 9.50 Å². The topological polar surface area (TPSA) is 23.5 Å². The Labute approximate surface area is 108 Å². The number of hydrogen-bond acceptors (Lipinski definition) is 2. The predicted octanol–water partition coefficient (Wildman–Crippen LogP) is 3.12. The van der Waals surface area contributed by atoms with Crippen LogP contribution >= 0.6 is 0 Å². The lowest BCUT2D eigenvalue weighted by atomic mass is 10.1. The quantitative estimate of drug-likeness (QED) is 0.753. The van der Waals surface area contributed by atoms with Crippen molar-refractivity contribution in [1.82, 2.24) is 4.90 Å². The average Bonchev–Trinajstić information content (AvgIpc) is 3.19. The molecule has 1 aliphatic rings. The largest absolute Gasteiger partial charge is 0.396 e. The number of benzene rings is 1. The van der Waals surface area contributed by atoms with Crippen molar-refractivity contribution >= 4 is 0 Å². The van der Waals surface area contributed by atoms with Gasteiger partial charge >= 0.3 is 0 Å². The zero-order valence-corrected chi connectivity index (χ0v) is 11.0. The third kappa shape index (κ3) is 3.30. The normalized spacial score (nSPS) is 17.1. The van der Waals surface area contributed by atoms with Crippen molar-refractivity contribution in [1.29, 1.82) is 0 Å². The van der Waals surface area contributed by atoms with Crippen molar-refractivity contribution in [2.75, 3.05) is 13.2 Å². The van der Waals surface area contributed by atoms with Crippen LogP contribution in [0.1, 0.15) is 44.2 Å². The minimum absolute atomic E-state index is 0.113. The number of unbranched alkanes of at least 4 members (excludes halogenated alkanes) is 1. The fourth-order valence-corrected chi connectivity index (χ4v) is 2.50. The first kappa shape index (κ1) is 13.5. The van der Waals surface area contributed by atoms with Crippen molar-refractivity contribution in [2.24, 2.45) is 0 Å². The van der Waals surface area contributed by atoms with E-state index in [1.807, 2.05) is 12.1 Å². The molecule has 0 spiro atoms. The van der Waals surface area contributed by atoms with E-state index in [1.165, 1.54) is 18.9 Å². The summed E-state index contributed by atoms with van der Waals surface area (Å²) in [6, 6.07) is 7.77. The highest BCUT2D eigenvalue weighted by Crippen LogP contribution is 2.35. The Morgan fingerprint density at radius 1 is 1.33 bits per heavy atom. The predicted molar refractivity (Wildman–Crippen MR) is 70.9 cm³/mol. The van der Waals surface area contributed by atoms with Crippen LogP contribution in [0.3, 0.4) is 0 Å². The molecule has 1 N–H and O–H groups in total. The summed E-state index contributed by atoms with van der Waals surface area (Å²) in [6.45, 7) is 3.27.